The van der Waals surface area contributed by atoms with E-state index in [9.17, 15) is 14.7 Å². The number of rotatable bonds is 38. The molecule has 0 radical (unpaired) electrons. The molecule has 5 heteroatoms. The molecular weight excluding hydrogens is 572 g/mol. The minimum absolute atomic E-state index is 0.0567. The number of aliphatic hydroxyl groups excluding tert-OH is 1. The number of hydrogen-bond donors (Lipinski definition) is 1. The summed E-state index contributed by atoms with van der Waals surface area (Å²) in [5.74, 6) is -0.574. The van der Waals surface area contributed by atoms with Crippen LogP contribution in [0.4, 0.5) is 0 Å². The summed E-state index contributed by atoms with van der Waals surface area (Å²) < 4.78 is 10.6. The van der Waals surface area contributed by atoms with Crippen molar-refractivity contribution in [2.24, 2.45) is 0 Å². The molecule has 0 aromatic carbocycles. The molecule has 0 heterocycles. The summed E-state index contributed by atoms with van der Waals surface area (Å²) >= 11 is 0. The van der Waals surface area contributed by atoms with Crippen LogP contribution in [0.2, 0.25) is 0 Å². The second-order valence-corrected chi connectivity index (χ2v) is 14.1. The Morgan fingerprint density at radius 3 is 0.957 bits per heavy atom. The van der Waals surface area contributed by atoms with Gasteiger partial charge in [-0.15, -0.1) is 0 Å². The van der Waals surface area contributed by atoms with Gasteiger partial charge in [-0.3, -0.25) is 9.59 Å². The standard InChI is InChI=1S/C41H80O5/c1-3-5-7-9-11-13-15-17-18-19-20-21-22-24-25-27-29-31-33-35-40(43)45-38-39(37-42)46-41(44)36-34-32-30-28-26-23-16-14-12-10-8-6-4-2/h39,42H,3-38H2,1-2H3/t39-/m0/s1. The summed E-state index contributed by atoms with van der Waals surface area (Å²) in [6, 6.07) is 0. The normalized spacial score (nSPS) is 12.0. The molecule has 0 rings (SSSR count). The highest BCUT2D eigenvalue weighted by molar-refractivity contribution is 5.70. The molecule has 0 amide bonds. The van der Waals surface area contributed by atoms with E-state index in [0.29, 0.717) is 12.8 Å². The molecule has 0 saturated heterocycles. The summed E-state index contributed by atoms with van der Waals surface area (Å²) in [6.45, 7) is 4.17. The predicted octanol–water partition coefficient (Wildman–Crippen LogP) is 12.7. The highest BCUT2D eigenvalue weighted by atomic mass is 16.6. The van der Waals surface area contributed by atoms with Crippen molar-refractivity contribution in [2.75, 3.05) is 13.2 Å². The molecule has 0 aliphatic rings. The Kier molecular flexibility index (Phi) is 37.4. The van der Waals surface area contributed by atoms with E-state index in [-0.39, 0.29) is 25.2 Å². The van der Waals surface area contributed by atoms with Crippen molar-refractivity contribution in [3.05, 3.63) is 0 Å². The van der Waals surface area contributed by atoms with E-state index in [1.54, 1.807) is 0 Å². The molecule has 0 aromatic heterocycles. The first-order valence-corrected chi connectivity index (χ1v) is 20.6. The summed E-state index contributed by atoms with van der Waals surface area (Å²) in [7, 11) is 0. The Hall–Kier alpha value is -1.10. The zero-order chi connectivity index (χ0) is 33.6. The Bertz CT molecular complexity index is 622. The first-order valence-electron chi connectivity index (χ1n) is 20.6. The van der Waals surface area contributed by atoms with Crippen LogP contribution in [-0.4, -0.2) is 36.4 Å². The van der Waals surface area contributed by atoms with E-state index in [1.807, 2.05) is 0 Å². The number of esters is 2. The second-order valence-electron chi connectivity index (χ2n) is 14.1. The van der Waals surface area contributed by atoms with Crippen LogP contribution in [-0.2, 0) is 19.1 Å². The lowest BCUT2D eigenvalue weighted by Gasteiger charge is -2.15. The minimum atomic E-state index is -0.761. The van der Waals surface area contributed by atoms with Crippen molar-refractivity contribution in [1.29, 1.82) is 0 Å². The molecule has 0 fully saturated rings. The van der Waals surface area contributed by atoms with E-state index in [4.69, 9.17) is 9.47 Å². The molecule has 0 bridgehead atoms. The monoisotopic (exact) mass is 653 g/mol. The van der Waals surface area contributed by atoms with Gasteiger partial charge in [0.15, 0.2) is 6.10 Å². The van der Waals surface area contributed by atoms with Crippen LogP contribution in [0.25, 0.3) is 0 Å². The van der Waals surface area contributed by atoms with E-state index in [1.165, 1.54) is 173 Å². The van der Waals surface area contributed by atoms with E-state index in [0.717, 1.165) is 32.1 Å². The summed E-state index contributed by atoms with van der Waals surface area (Å²) in [5, 5.41) is 9.55. The largest absolute Gasteiger partial charge is 0.462 e. The molecule has 0 aliphatic heterocycles. The summed E-state index contributed by atoms with van der Waals surface area (Å²) in [6.07, 6.45) is 41.7. The molecule has 0 spiro atoms. The maximum atomic E-state index is 12.1. The molecule has 46 heavy (non-hydrogen) atoms. The molecule has 1 atom stereocenters. The Morgan fingerprint density at radius 2 is 0.674 bits per heavy atom. The second kappa shape index (κ2) is 38.3. The maximum absolute atomic E-state index is 12.1. The number of unbranched alkanes of at least 4 members (excludes halogenated alkanes) is 30. The molecule has 0 saturated carbocycles. The smallest absolute Gasteiger partial charge is 0.306 e. The van der Waals surface area contributed by atoms with E-state index in [2.05, 4.69) is 13.8 Å². The zero-order valence-corrected chi connectivity index (χ0v) is 31.1. The van der Waals surface area contributed by atoms with Gasteiger partial charge in [0.25, 0.3) is 0 Å². The number of ether oxygens (including phenoxy) is 2. The third-order valence-electron chi connectivity index (χ3n) is 9.40. The van der Waals surface area contributed by atoms with Gasteiger partial charge in [-0.1, -0.05) is 206 Å². The average Bonchev–Trinajstić information content (AvgIpc) is 3.06. The van der Waals surface area contributed by atoms with Gasteiger partial charge >= 0.3 is 11.9 Å². The average molecular weight is 653 g/mol. The van der Waals surface area contributed by atoms with Crippen LogP contribution < -0.4 is 0 Å². The van der Waals surface area contributed by atoms with Gasteiger partial charge in [0, 0.05) is 12.8 Å². The van der Waals surface area contributed by atoms with Crippen molar-refractivity contribution in [2.45, 2.75) is 238 Å². The summed E-state index contributed by atoms with van der Waals surface area (Å²) in [4.78, 5) is 24.2. The third kappa shape index (κ3) is 35.7. The lowest BCUT2D eigenvalue weighted by molar-refractivity contribution is -0.161. The zero-order valence-electron chi connectivity index (χ0n) is 31.1. The van der Waals surface area contributed by atoms with Crippen molar-refractivity contribution in [3.63, 3.8) is 0 Å². The topological polar surface area (TPSA) is 72.8 Å². The molecule has 274 valence electrons. The highest BCUT2D eigenvalue weighted by Crippen LogP contribution is 2.16. The first kappa shape index (κ1) is 44.9. The Labute approximate surface area is 287 Å². The fourth-order valence-electron chi connectivity index (χ4n) is 6.26. The molecule has 0 aliphatic carbocycles. The predicted molar refractivity (Wildman–Crippen MR) is 196 cm³/mol. The lowest BCUT2D eigenvalue weighted by Crippen LogP contribution is -2.28. The molecule has 0 unspecified atom stereocenters. The Balaban J connectivity index is 3.46. The van der Waals surface area contributed by atoms with Crippen LogP contribution >= 0.6 is 0 Å². The van der Waals surface area contributed by atoms with Crippen molar-refractivity contribution < 1.29 is 24.2 Å². The van der Waals surface area contributed by atoms with Crippen molar-refractivity contribution in [1.82, 2.24) is 0 Å². The van der Waals surface area contributed by atoms with Crippen LogP contribution in [0.15, 0.2) is 0 Å². The van der Waals surface area contributed by atoms with Gasteiger partial charge in [-0.2, -0.15) is 0 Å². The SMILES string of the molecule is CCCCCCCCCCCCCCCCCCCCCC(=O)OC[C@H](CO)OC(=O)CCCCCCCCCCCCCCC. The van der Waals surface area contributed by atoms with Crippen LogP contribution in [0.3, 0.4) is 0 Å². The fourth-order valence-corrected chi connectivity index (χ4v) is 6.26. The van der Waals surface area contributed by atoms with E-state index >= 15 is 0 Å². The van der Waals surface area contributed by atoms with Crippen molar-refractivity contribution in [3.8, 4) is 0 Å². The van der Waals surface area contributed by atoms with Gasteiger partial charge < -0.3 is 14.6 Å². The molecule has 5 nitrogen and oxygen atoms in total. The van der Waals surface area contributed by atoms with Gasteiger partial charge in [-0.25, -0.2) is 0 Å². The fraction of sp³-hybridized carbons (Fsp3) is 0.951. The lowest BCUT2D eigenvalue weighted by atomic mass is 10.0. The number of hydrogen-bond acceptors (Lipinski definition) is 5. The summed E-state index contributed by atoms with van der Waals surface area (Å²) in [5.41, 5.74) is 0. The van der Waals surface area contributed by atoms with Crippen molar-refractivity contribution >= 4 is 11.9 Å². The Morgan fingerprint density at radius 1 is 0.413 bits per heavy atom. The van der Waals surface area contributed by atoms with Gasteiger partial charge in [0.05, 0.1) is 6.61 Å². The van der Waals surface area contributed by atoms with Crippen LogP contribution in [0.1, 0.15) is 232 Å². The molecular formula is C41H80O5. The highest BCUT2D eigenvalue weighted by Gasteiger charge is 2.16. The quantitative estimate of drug-likeness (QED) is 0.0531. The number of aliphatic hydroxyl groups is 1. The van der Waals surface area contributed by atoms with E-state index < -0.39 is 6.10 Å². The molecule has 0 aromatic rings. The number of carbonyl (C=O) groups excluding carboxylic acids is 2. The molecule has 1 N–H and O–H groups in total. The first-order chi connectivity index (χ1) is 22.6. The maximum Gasteiger partial charge on any atom is 0.306 e. The van der Waals surface area contributed by atoms with Gasteiger partial charge in [0.2, 0.25) is 0 Å². The minimum Gasteiger partial charge on any atom is -0.462 e. The van der Waals surface area contributed by atoms with Gasteiger partial charge in [-0.05, 0) is 12.8 Å². The number of carbonyl (C=O) groups is 2. The van der Waals surface area contributed by atoms with Crippen LogP contribution in [0, 0.1) is 0 Å². The third-order valence-corrected chi connectivity index (χ3v) is 9.40. The van der Waals surface area contributed by atoms with Crippen LogP contribution in [0.5, 0.6) is 0 Å². The van der Waals surface area contributed by atoms with Gasteiger partial charge in [0.1, 0.15) is 6.61 Å².